The molecule has 1 saturated carbocycles. The molecule has 1 atom stereocenters. The van der Waals surface area contributed by atoms with Crippen LogP contribution in [0, 0.1) is 5.92 Å². The van der Waals surface area contributed by atoms with Gasteiger partial charge in [0.2, 0.25) is 5.91 Å². The fourth-order valence-corrected chi connectivity index (χ4v) is 2.89. The summed E-state index contributed by atoms with van der Waals surface area (Å²) >= 11 is 0. The Morgan fingerprint density at radius 3 is 2.43 bits per heavy atom. The summed E-state index contributed by atoms with van der Waals surface area (Å²) < 4.78 is 0. The van der Waals surface area contributed by atoms with Crippen molar-refractivity contribution in [3.8, 4) is 0 Å². The van der Waals surface area contributed by atoms with Gasteiger partial charge in [0.1, 0.15) is 0 Å². The normalized spacial score (nSPS) is 30.9. The fraction of sp³-hybridized carbons (Fsp3) is 0.917. The topological polar surface area (TPSA) is 29.1 Å². The van der Waals surface area contributed by atoms with E-state index in [1.54, 1.807) is 0 Å². The smallest absolute Gasteiger partial charge is 0.220 e. The number of hydrogen-bond donors (Lipinski definition) is 1. The van der Waals surface area contributed by atoms with Crippen LogP contribution in [-0.2, 0) is 4.79 Å². The second kappa shape index (κ2) is 4.81. The van der Waals surface area contributed by atoms with E-state index in [0.29, 0.717) is 6.04 Å². The monoisotopic (exact) mass is 195 g/mol. The second-order valence-electron chi connectivity index (χ2n) is 4.82. The lowest BCUT2D eigenvalue weighted by molar-refractivity contribution is -0.121. The van der Waals surface area contributed by atoms with Gasteiger partial charge in [0, 0.05) is 12.5 Å². The molecule has 1 N–H and O–H groups in total. The van der Waals surface area contributed by atoms with Crippen molar-refractivity contribution in [1.82, 2.24) is 5.32 Å². The van der Waals surface area contributed by atoms with Gasteiger partial charge in [0.05, 0.1) is 0 Å². The van der Waals surface area contributed by atoms with E-state index in [-0.39, 0.29) is 5.91 Å². The van der Waals surface area contributed by atoms with E-state index in [1.165, 1.54) is 44.9 Å². The highest BCUT2D eigenvalue weighted by Gasteiger charge is 2.26. The third-order valence-electron chi connectivity index (χ3n) is 3.73. The number of carbonyl (C=O) groups is 1. The number of carbonyl (C=O) groups excluding carboxylic acids is 1. The summed E-state index contributed by atoms with van der Waals surface area (Å²) in [6.45, 7) is 0. The number of amides is 1. The molecule has 2 heteroatoms. The van der Waals surface area contributed by atoms with Gasteiger partial charge in [-0.05, 0) is 31.6 Å². The highest BCUT2D eigenvalue weighted by atomic mass is 16.1. The van der Waals surface area contributed by atoms with Crippen molar-refractivity contribution in [3.63, 3.8) is 0 Å². The first-order valence-electron chi connectivity index (χ1n) is 6.15. The van der Waals surface area contributed by atoms with Crippen LogP contribution in [0.15, 0.2) is 0 Å². The summed E-state index contributed by atoms with van der Waals surface area (Å²) in [4.78, 5) is 11.4. The lowest BCUT2D eigenvalue weighted by atomic mass is 9.82. The molecule has 0 aromatic heterocycles. The van der Waals surface area contributed by atoms with Crippen LogP contribution >= 0.6 is 0 Å². The van der Waals surface area contributed by atoms with E-state index in [1.807, 2.05) is 0 Å². The predicted octanol–water partition coefficient (Wildman–Crippen LogP) is 2.63. The van der Waals surface area contributed by atoms with Gasteiger partial charge in [-0.2, -0.15) is 0 Å². The van der Waals surface area contributed by atoms with Gasteiger partial charge in [-0.1, -0.05) is 25.7 Å². The average Bonchev–Trinajstić information content (AvgIpc) is 2.44. The molecule has 1 aliphatic heterocycles. The molecule has 1 aliphatic carbocycles. The van der Waals surface area contributed by atoms with E-state index in [2.05, 4.69) is 5.32 Å². The Hall–Kier alpha value is -0.530. The van der Waals surface area contributed by atoms with Crippen molar-refractivity contribution in [2.75, 3.05) is 0 Å². The van der Waals surface area contributed by atoms with Gasteiger partial charge in [-0.3, -0.25) is 4.79 Å². The molecule has 0 unspecified atom stereocenters. The Morgan fingerprint density at radius 2 is 1.64 bits per heavy atom. The van der Waals surface area contributed by atoms with Crippen LogP contribution in [0.5, 0.6) is 0 Å². The molecule has 0 aromatic rings. The van der Waals surface area contributed by atoms with Gasteiger partial charge < -0.3 is 5.32 Å². The minimum atomic E-state index is 0.290. The van der Waals surface area contributed by atoms with Gasteiger partial charge in [0.15, 0.2) is 0 Å². The number of nitrogens with one attached hydrogen (secondary N) is 1. The summed E-state index contributed by atoms with van der Waals surface area (Å²) in [7, 11) is 0. The standard InChI is InChI=1S/C12H21NO/c14-12-9-5-4-8-11(13-12)10-6-2-1-3-7-10/h10-11H,1-9H2,(H,13,14)/t11-/m0/s1. The van der Waals surface area contributed by atoms with Crippen molar-refractivity contribution in [3.05, 3.63) is 0 Å². The molecule has 2 aliphatic rings. The molecule has 2 rings (SSSR count). The maximum absolute atomic E-state index is 11.4. The summed E-state index contributed by atoms with van der Waals surface area (Å²) in [5, 5.41) is 3.21. The van der Waals surface area contributed by atoms with Crippen molar-refractivity contribution in [2.24, 2.45) is 5.92 Å². The molecule has 0 spiro atoms. The number of hydrogen-bond acceptors (Lipinski definition) is 1. The first kappa shape index (κ1) is 10.0. The van der Waals surface area contributed by atoms with Crippen LogP contribution < -0.4 is 5.32 Å². The molecule has 1 heterocycles. The lowest BCUT2D eigenvalue weighted by Crippen LogP contribution is -2.39. The SMILES string of the molecule is O=C1CCCC[C@@H](C2CCCCC2)N1. The van der Waals surface area contributed by atoms with Crippen LogP contribution in [0.1, 0.15) is 57.8 Å². The van der Waals surface area contributed by atoms with Gasteiger partial charge in [-0.15, -0.1) is 0 Å². The predicted molar refractivity (Wildman–Crippen MR) is 57.0 cm³/mol. The maximum atomic E-state index is 11.4. The summed E-state index contributed by atoms with van der Waals surface area (Å²) in [6, 6.07) is 0.505. The van der Waals surface area contributed by atoms with Crippen molar-refractivity contribution in [1.29, 1.82) is 0 Å². The highest BCUT2D eigenvalue weighted by Crippen LogP contribution is 2.29. The van der Waals surface area contributed by atoms with E-state index >= 15 is 0 Å². The fourth-order valence-electron chi connectivity index (χ4n) is 2.89. The summed E-state index contributed by atoms with van der Waals surface area (Å²) in [6.07, 6.45) is 11.1. The molecular weight excluding hydrogens is 174 g/mol. The Morgan fingerprint density at radius 1 is 0.929 bits per heavy atom. The van der Waals surface area contributed by atoms with Crippen LogP contribution in [0.2, 0.25) is 0 Å². The molecular formula is C12H21NO. The van der Waals surface area contributed by atoms with Gasteiger partial charge in [-0.25, -0.2) is 0 Å². The lowest BCUT2D eigenvalue weighted by Gasteiger charge is -2.29. The van der Waals surface area contributed by atoms with Crippen LogP contribution in [-0.4, -0.2) is 11.9 Å². The summed E-state index contributed by atoms with van der Waals surface area (Å²) in [5.74, 6) is 1.07. The van der Waals surface area contributed by atoms with Crippen molar-refractivity contribution < 1.29 is 4.79 Å². The largest absolute Gasteiger partial charge is 0.353 e. The zero-order valence-electron chi connectivity index (χ0n) is 8.93. The third-order valence-corrected chi connectivity index (χ3v) is 3.73. The van der Waals surface area contributed by atoms with Gasteiger partial charge in [0.25, 0.3) is 0 Å². The minimum Gasteiger partial charge on any atom is -0.353 e. The first-order valence-corrected chi connectivity index (χ1v) is 6.15. The Kier molecular flexibility index (Phi) is 3.44. The van der Waals surface area contributed by atoms with Crippen LogP contribution in [0.4, 0.5) is 0 Å². The van der Waals surface area contributed by atoms with Gasteiger partial charge >= 0.3 is 0 Å². The quantitative estimate of drug-likeness (QED) is 0.684. The molecule has 80 valence electrons. The Bertz CT molecular complexity index is 196. The van der Waals surface area contributed by atoms with Crippen LogP contribution in [0.3, 0.4) is 0 Å². The van der Waals surface area contributed by atoms with Crippen LogP contribution in [0.25, 0.3) is 0 Å². The zero-order chi connectivity index (χ0) is 9.80. The molecule has 0 radical (unpaired) electrons. The Labute approximate surface area is 86.5 Å². The van der Waals surface area contributed by atoms with E-state index in [0.717, 1.165) is 18.8 Å². The molecule has 0 aromatic carbocycles. The minimum absolute atomic E-state index is 0.290. The average molecular weight is 195 g/mol. The van der Waals surface area contributed by atoms with E-state index in [4.69, 9.17) is 0 Å². The highest BCUT2D eigenvalue weighted by molar-refractivity contribution is 5.76. The first-order chi connectivity index (χ1) is 6.86. The zero-order valence-corrected chi connectivity index (χ0v) is 8.93. The van der Waals surface area contributed by atoms with E-state index < -0.39 is 0 Å². The molecule has 2 nitrogen and oxygen atoms in total. The molecule has 0 bridgehead atoms. The summed E-state index contributed by atoms with van der Waals surface area (Å²) in [5.41, 5.74) is 0. The maximum Gasteiger partial charge on any atom is 0.220 e. The van der Waals surface area contributed by atoms with E-state index in [9.17, 15) is 4.79 Å². The molecule has 1 saturated heterocycles. The molecule has 2 fully saturated rings. The molecule has 1 amide bonds. The Balaban J connectivity index is 1.90. The van der Waals surface area contributed by atoms with Crippen molar-refractivity contribution in [2.45, 2.75) is 63.8 Å². The second-order valence-corrected chi connectivity index (χ2v) is 4.82. The van der Waals surface area contributed by atoms with Crippen molar-refractivity contribution >= 4 is 5.91 Å². The number of rotatable bonds is 1. The molecule has 14 heavy (non-hydrogen) atoms. The third kappa shape index (κ3) is 2.49.